The molecule has 6 nitrogen and oxygen atoms in total. The number of rotatable bonds is 4. The normalized spacial score (nSPS) is 15.5. The number of phenolic OH excluding ortho intramolecular Hbond substituents is 1. The van der Waals surface area contributed by atoms with Gasteiger partial charge in [0.05, 0.1) is 21.8 Å². The van der Waals surface area contributed by atoms with Crippen LogP contribution in [0.3, 0.4) is 0 Å². The fourth-order valence-corrected chi connectivity index (χ4v) is 5.10. The number of aromatic hydroxyl groups is 1. The van der Waals surface area contributed by atoms with Crippen LogP contribution in [0.5, 0.6) is 5.75 Å². The summed E-state index contributed by atoms with van der Waals surface area (Å²) < 4.78 is 15.6. The number of amides is 1. The second-order valence-corrected chi connectivity index (χ2v) is 9.06. The van der Waals surface area contributed by atoms with E-state index < -0.39 is 17.8 Å². The lowest BCUT2D eigenvalue weighted by Gasteiger charge is -2.25. The van der Waals surface area contributed by atoms with Gasteiger partial charge >= 0.3 is 0 Å². The molecule has 0 radical (unpaired) electrons. The molecule has 0 spiro atoms. The Bertz CT molecular complexity index is 1640. The molecule has 174 valence electrons. The van der Waals surface area contributed by atoms with Gasteiger partial charge in [0.1, 0.15) is 11.6 Å². The van der Waals surface area contributed by atoms with Crippen molar-refractivity contribution in [1.82, 2.24) is 4.57 Å². The zero-order chi connectivity index (χ0) is 24.5. The molecule has 2 heterocycles. The Morgan fingerprint density at radius 2 is 1.83 bits per heavy atom. The van der Waals surface area contributed by atoms with Crippen LogP contribution in [-0.2, 0) is 4.79 Å². The average Bonchev–Trinajstić information content (AvgIpc) is 3.13. The van der Waals surface area contributed by atoms with Crippen LogP contribution in [0.1, 0.15) is 24.1 Å². The number of nitrogens with zero attached hydrogens (tertiary/aromatic N) is 2. The van der Waals surface area contributed by atoms with Crippen molar-refractivity contribution in [2.24, 2.45) is 4.99 Å². The summed E-state index contributed by atoms with van der Waals surface area (Å²) in [6, 6.07) is 20.5. The summed E-state index contributed by atoms with van der Waals surface area (Å²) in [6.07, 6.45) is 1.67. The first kappa shape index (κ1) is 22.5. The number of nitrogens with one attached hydrogen (secondary N) is 1. The van der Waals surface area contributed by atoms with E-state index in [0.29, 0.717) is 37.4 Å². The third-order valence-corrected chi connectivity index (χ3v) is 6.63. The number of hydrogen-bond donors (Lipinski definition) is 2. The van der Waals surface area contributed by atoms with E-state index in [0.717, 1.165) is 0 Å². The topological polar surface area (TPSA) is 83.7 Å². The molecule has 0 saturated heterocycles. The number of thiazole rings is 1. The molecule has 0 bridgehead atoms. The summed E-state index contributed by atoms with van der Waals surface area (Å²) in [5.74, 6) is -0.721. The number of fused-ring (bicyclic) bond motifs is 1. The highest BCUT2D eigenvalue weighted by Gasteiger charge is 2.32. The number of para-hydroxylation sites is 1. The lowest BCUT2D eigenvalue weighted by Crippen LogP contribution is -2.40. The van der Waals surface area contributed by atoms with Gasteiger partial charge < -0.3 is 10.4 Å². The second kappa shape index (κ2) is 9.15. The van der Waals surface area contributed by atoms with Crippen LogP contribution in [0, 0.1) is 5.82 Å². The van der Waals surface area contributed by atoms with Gasteiger partial charge in [-0.15, -0.1) is 0 Å². The molecule has 1 unspecified atom stereocenters. The molecule has 1 atom stereocenters. The average molecular weight is 486 g/mol. The highest BCUT2D eigenvalue weighted by atomic mass is 32.1. The number of hydrogen-bond acceptors (Lipinski definition) is 5. The molecule has 1 amide bonds. The second-order valence-electron chi connectivity index (χ2n) is 8.05. The van der Waals surface area contributed by atoms with Crippen molar-refractivity contribution in [3.05, 3.63) is 127 Å². The maximum Gasteiger partial charge on any atom is 0.271 e. The predicted octanol–water partition coefficient (Wildman–Crippen LogP) is 3.72. The van der Waals surface area contributed by atoms with E-state index >= 15 is 0 Å². The van der Waals surface area contributed by atoms with E-state index in [4.69, 9.17) is 0 Å². The number of anilines is 1. The number of carbonyl (C=O) groups excluding carboxylic acids is 1. The maximum absolute atomic E-state index is 13.7. The van der Waals surface area contributed by atoms with Gasteiger partial charge in [-0.2, -0.15) is 0 Å². The minimum absolute atomic E-state index is 0.0893. The van der Waals surface area contributed by atoms with Gasteiger partial charge in [0.25, 0.3) is 11.5 Å². The van der Waals surface area contributed by atoms with Crippen molar-refractivity contribution in [2.45, 2.75) is 13.0 Å². The number of carbonyl (C=O) groups is 1. The van der Waals surface area contributed by atoms with Crippen molar-refractivity contribution in [3.63, 3.8) is 0 Å². The van der Waals surface area contributed by atoms with Crippen molar-refractivity contribution in [2.75, 3.05) is 5.32 Å². The van der Waals surface area contributed by atoms with E-state index in [9.17, 15) is 19.1 Å². The van der Waals surface area contributed by atoms with Crippen LogP contribution in [0.25, 0.3) is 6.08 Å². The molecule has 4 aromatic rings. The van der Waals surface area contributed by atoms with E-state index in [1.54, 1.807) is 61.5 Å². The molecule has 3 aromatic carbocycles. The number of halogens is 1. The highest BCUT2D eigenvalue weighted by molar-refractivity contribution is 7.07. The molecule has 35 heavy (non-hydrogen) atoms. The van der Waals surface area contributed by atoms with E-state index in [1.807, 2.05) is 18.2 Å². The lowest BCUT2D eigenvalue weighted by atomic mass is 9.95. The van der Waals surface area contributed by atoms with Gasteiger partial charge in [-0.05, 0) is 60.5 Å². The number of phenols is 1. The molecule has 2 N–H and O–H groups in total. The van der Waals surface area contributed by atoms with Gasteiger partial charge in [-0.1, -0.05) is 53.8 Å². The highest BCUT2D eigenvalue weighted by Crippen LogP contribution is 2.31. The standard InChI is InChI=1S/C27H20FN3O3S/c1-16-23(25(33)30-20-7-3-2-4-8-20)24(18-10-12-19(28)13-11-18)31-26(34)22(35-27(31)29-16)15-17-6-5-9-21(32)14-17/h2-15,24,32H,1H3,(H,30,33)/b22-15+. The monoisotopic (exact) mass is 485 g/mol. The SMILES string of the molecule is CC1=C(C(=O)Nc2ccccc2)C(c2ccc(F)cc2)n2c(s/c(=C/c3cccc(O)c3)c2=O)=N1. The number of benzene rings is 3. The van der Waals surface area contributed by atoms with Crippen LogP contribution >= 0.6 is 11.3 Å². The largest absolute Gasteiger partial charge is 0.508 e. The lowest BCUT2D eigenvalue weighted by molar-refractivity contribution is -0.113. The Morgan fingerprint density at radius 3 is 2.54 bits per heavy atom. The van der Waals surface area contributed by atoms with Gasteiger partial charge in [0, 0.05) is 5.69 Å². The van der Waals surface area contributed by atoms with E-state index in [2.05, 4.69) is 10.3 Å². The molecule has 0 fully saturated rings. The fourth-order valence-electron chi connectivity index (χ4n) is 4.06. The predicted molar refractivity (Wildman–Crippen MR) is 133 cm³/mol. The van der Waals surface area contributed by atoms with Crippen molar-refractivity contribution in [3.8, 4) is 5.75 Å². The Morgan fingerprint density at radius 1 is 1.09 bits per heavy atom. The summed E-state index contributed by atoms with van der Waals surface area (Å²) in [4.78, 5) is 32.0. The molecular formula is C27H20FN3O3S. The fraction of sp³-hybridized carbons (Fsp3) is 0.0741. The van der Waals surface area contributed by atoms with E-state index in [1.165, 1.54) is 28.0 Å². The molecule has 0 aliphatic carbocycles. The van der Waals surface area contributed by atoms with Crippen LogP contribution < -0.4 is 20.2 Å². The van der Waals surface area contributed by atoms with Crippen LogP contribution in [0.4, 0.5) is 10.1 Å². The minimum Gasteiger partial charge on any atom is -0.508 e. The summed E-state index contributed by atoms with van der Waals surface area (Å²) >= 11 is 1.19. The van der Waals surface area contributed by atoms with Gasteiger partial charge in [0.2, 0.25) is 0 Å². The third kappa shape index (κ3) is 4.43. The Balaban J connectivity index is 1.68. The number of allylic oxidation sites excluding steroid dienone is 1. The summed E-state index contributed by atoms with van der Waals surface area (Å²) in [5, 5.41) is 12.7. The zero-order valence-electron chi connectivity index (χ0n) is 18.6. The molecule has 1 aliphatic rings. The van der Waals surface area contributed by atoms with Crippen LogP contribution in [0.2, 0.25) is 0 Å². The smallest absolute Gasteiger partial charge is 0.271 e. The summed E-state index contributed by atoms with van der Waals surface area (Å²) in [6.45, 7) is 1.72. The first-order chi connectivity index (χ1) is 16.9. The van der Waals surface area contributed by atoms with Crippen molar-refractivity contribution in [1.29, 1.82) is 0 Å². The Hall–Kier alpha value is -4.30. The molecule has 1 aromatic heterocycles. The Kier molecular flexibility index (Phi) is 5.88. The molecule has 0 saturated carbocycles. The zero-order valence-corrected chi connectivity index (χ0v) is 19.4. The van der Waals surface area contributed by atoms with Crippen molar-refractivity contribution >= 4 is 29.0 Å². The minimum atomic E-state index is -0.790. The van der Waals surface area contributed by atoms with Crippen LogP contribution in [-0.4, -0.2) is 15.6 Å². The Labute approximate surface area is 203 Å². The molecule has 8 heteroatoms. The van der Waals surface area contributed by atoms with Crippen molar-refractivity contribution < 1.29 is 14.3 Å². The summed E-state index contributed by atoms with van der Waals surface area (Å²) in [7, 11) is 0. The summed E-state index contributed by atoms with van der Waals surface area (Å²) in [5.41, 5.74) is 2.30. The molecular weight excluding hydrogens is 465 g/mol. The van der Waals surface area contributed by atoms with E-state index in [-0.39, 0.29) is 11.3 Å². The molecule has 1 aliphatic heterocycles. The molecule has 5 rings (SSSR count). The van der Waals surface area contributed by atoms with Gasteiger partial charge in [-0.25, -0.2) is 9.38 Å². The first-order valence-corrected chi connectivity index (χ1v) is 11.7. The first-order valence-electron chi connectivity index (χ1n) is 10.8. The van der Waals surface area contributed by atoms with Crippen LogP contribution in [0.15, 0.2) is 99.9 Å². The number of aromatic nitrogens is 1. The quantitative estimate of drug-likeness (QED) is 0.462. The van der Waals surface area contributed by atoms with Gasteiger partial charge in [0.15, 0.2) is 4.80 Å². The third-order valence-electron chi connectivity index (χ3n) is 5.65. The maximum atomic E-state index is 13.7. The van der Waals surface area contributed by atoms with Gasteiger partial charge in [-0.3, -0.25) is 14.2 Å².